The van der Waals surface area contributed by atoms with E-state index in [1.165, 1.54) is 12.3 Å². The quantitative estimate of drug-likeness (QED) is 0.757. The molecule has 1 aliphatic rings. The van der Waals surface area contributed by atoms with Crippen LogP contribution in [0.25, 0.3) is 0 Å². The van der Waals surface area contributed by atoms with Gasteiger partial charge in [0.15, 0.2) is 0 Å². The average molecular weight is 385 g/mol. The van der Waals surface area contributed by atoms with Gasteiger partial charge in [0.2, 0.25) is 0 Å². The maximum Gasteiger partial charge on any atom is 0.255 e. The summed E-state index contributed by atoms with van der Waals surface area (Å²) in [6.07, 6.45) is 6.47. The molecule has 1 amide bonds. The maximum atomic E-state index is 12.4. The van der Waals surface area contributed by atoms with Gasteiger partial charge in [-0.3, -0.25) is 4.79 Å². The van der Waals surface area contributed by atoms with Crippen LogP contribution >= 0.6 is 35.6 Å². The second-order valence-corrected chi connectivity index (χ2v) is 6.09. The molecule has 1 aromatic carbocycles. The molecule has 7 heteroatoms. The lowest BCUT2D eigenvalue weighted by Crippen LogP contribution is -2.18. The Morgan fingerprint density at radius 1 is 1.25 bits per heavy atom. The van der Waals surface area contributed by atoms with E-state index in [1.807, 2.05) is 18.3 Å². The van der Waals surface area contributed by atoms with Crippen molar-refractivity contribution < 1.29 is 4.79 Å². The first-order chi connectivity index (χ1) is 11.1. The molecule has 3 rings (SSSR count). The van der Waals surface area contributed by atoms with Crippen LogP contribution in [-0.2, 0) is 0 Å². The van der Waals surface area contributed by atoms with E-state index in [0.29, 0.717) is 10.6 Å². The van der Waals surface area contributed by atoms with E-state index in [0.717, 1.165) is 24.2 Å². The number of carbonyl (C=O) groups excluding carboxylic acids is 1. The van der Waals surface area contributed by atoms with Crippen molar-refractivity contribution in [3.63, 3.8) is 0 Å². The molecule has 4 nitrogen and oxygen atoms in total. The van der Waals surface area contributed by atoms with Crippen LogP contribution in [0.3, 0.4) is 0 Å². The molecule has 1 unspecified atom stereocenters. The number of nitrogens with one attached hydrogen (secondary N) is 2. The summed E-state index contributed by atoms with van der Waals surface area (Å²) in [7, 11) is 0. The molecule has 0 bridgehead atoms. The molecule has 2 heterocycles. The minimum Gasteiger partial charge on any atom is -0.391 e. The number of amides is 1. The number of pyridine rings is 1. The van der Waals surface area contributed by atoms with E-state index in [-0.39, 0.29) is 29.4 Å². The number of allylic oxidation sites excluding steroid dienone is 1. The van der Waals surface area contributed by atoms with Gasteiger partial charge in [-0.2, -0.15) is 0 Å². The van der Waals surface area contributed by atoms with Gasteiger partial charge >= 0.3 is 0 Å². The first-order valence-electron chi connectivity index (χ1n) is 7.26. The van der Waals surface area contributed by atoms with Crippen LogP contribution < -0.4 is 10.6 Å². The number of hydrogen-bond donors (Lipinski definition) is 2. The molecule has 0 aliphatic carbocycles. The summed E-state index contributed by atoms with van der Waals surface area (Å²) in [5.74, 6) is -0.0120. The van der Waals surface area contributed by atoms with Gasteiger partial charge in [-0.15, -0.1) is 12.4 Å². The highest BCUT2D eigenvalue weighted by Crippen LogP contribution is 2.32. The van der Waals surface area contributed by atoms with Crippen molar-refractivity contribution in [2.24, 2.45) is 0 Å². The highest BCUT2D eigenvalue weighted by Gasteiger charge is 2.17. The fourth-order valence-corrected chi connectivity index (χ4v) is 2.91. The van der Waals surface area contributed by atoms with Gasteiger partial charge < -0.3 is 10.6 Å². The molecular weight excluding hydrogens is 369 g/mol. The Balaban J connectivity index is 0.00000208. The van der Waals surface area contributed by atoms with Crippen LogP contribution in [0, 0.1) is 0 Å². The number of halogens is 3. The van der Waals surface area contributed by atoms with Crippen LogP contribution in [0.5, 0.6) is 0 Å². The van der Waals surface area contributed by atoms with Gasteiger partial charge in [-0.1, -0.05) is 29.3 Å². The summed E-state index contributed by atoms with van der Waals surface area (Å²) in [4.78, 5) is 16.3. The van der Waals surface area contributed by atoms with E-state index >= 15 is 0 Å². The molecule has 1 aromatic heterocycles. The van der Waals surface area contributed by atoms with Crippen molar-refractivity contribution in [2.75, 3.05) is 11.9 Å². The molecule has 0 spiro atoms. The molecule has 24 heavy (non-hydrogen) atoms. The molecule has 2 aromatic rings. The molecule has 0 saturated carbocycles. The number of rotatable bonds is 3. The molecular formula is C17H16Cl3N3O. The molecule has 1 aliphatic heterocycles. The minimum atomic E-state index is -0.226. The van der Waals surface area contributed by atoms with Gasteiger partial charge in [0.05, 0.1) is 0 Å². The predicted octanol–water partition coefficient (Wildman–Crippen LogP) is 4.65. The van der Waals surface area contributed by atoms with E-state index in [9.17, 15) is 4.79 Å². The van der Waals surface area contributed by atoms with E-state index in [4.69, 9.17) is 23.2 Å². The summed E-state index contributed by atoms with van der Waals surface area (Å²) >= 11 is 12.0. The fraction of sp³-hybridized carbons (Fsp3) is 0.176. The van der Waals surface area contributed by atoms with Crippen molar-refractivity contribution in [3.05, 3.63) is 70.1 Å². The number of anilines is 1. The van der Waals surface area contributed by atoms with Crippen LogP contribution in [0.15, 0.2) is 48.8 Å². The molecule has 0 radical (unpaired) electrons. The highest BCUT2D eigenvalue weighted by atomic mass is 35.5. The Kier molecular flexibility index (Phi) is 6.49. The SMILES string of the molecule is Cl.O=C(Nc1ccc(Cl)cc1C1C=CNCC1)c1ccnc(Cl)c1. The Morgan fingerprint density at radius 2 is 2.08 bits per heavy atom. The van der Waals surface area contributed by atoms with Gasteiger partial charge in [-0.25, -0.2) is 4.98 Å². The van der Waals surface area contributed by atoms with E-state index in [1.54, 1.807) is 12.1 Å². The topological polar surface area (TPSA) is 54.0 Å². The number of benzene rings is 1. The van der Waals surface area contributed by atoms with Gasteiger partial charge in [0.1, 0.15) is 5.15 Å². The highest BCUT2D eigenvalue weighted by molar-refractivity contribution is 6.31. The Morgan fingerprint density at radius 3 is 2.79 bits per heavy atom. The Labute approximate surface area is 156 Å². The van der Waals surface area contributed by atoms with Crippen molar-refractivity contribution in [3.8, 4) is 0 Å². The van der Waals surface area contributed by atoms with Gasteiger partial charge in [0.25, 0.3) is 5.91 Å². The van der Waals surface area contributed by atoms with Gasteiger partial charge in [-0.05, 0) is 48.5 Å². The average Bonchev–Trinajstić information content (AvgIpc) is 2.57. The fourth-order valence-electron chi connectivity index (χ4n) is 2.55. The zero-order valence-electron chi connectivity index (χ0n) is 12.6. The lowest BCUT2D eigenvalue weighted by molar-refractivity contribution is 0.102. The van der Waals surface area contributed by atoms with Crippen molar-refractivity contribution in [1.82, 2.24) is 10.3 Å². The van der Waals surface area contributed by atoms with Crippen molar-refractivity contribution in [2.45, 2.75) is 12.3 Å². The minimum absolute atomic E-state index is 0. The van der Waals surface area contributed by atoms with Crippen LogP contribution in [0.4, 0.5) is 5.69 Å². The molecule has 1 atom stereocenters. The van der Waals surface area contributed by atoms with E-state index in [2.05, 4.69) is 21.7 Å². The maximum absolute atomic E-state index is 12.4. The summed E-state index contributed by atoms with van der Waals surface area (Å²) in [5, 5.41) is 7.05. The standard InChI is InChI=1S/C17H15Cl2N3O.ClH/c18-13-1-2-15(14(10-13)11-3-6-20-7-4-11)22-17(23)12-5-8-21-16(19)9-12;/h1-3,5-6,8-11,20H,4,7H2,(H,22,23);1H. The first kappa shape index (κ1) is 18.6. The summed E-state index contributed by atoms with van der Waals surface area (Å²) in [6, 6.07) is 8.66. The van der Waals surface area contributed by atoms with Crippen LogP contribution in [0.1, 0.15) is 28.3 Å². The number of hydrogen-bond acceptors (Lipinski definition) is 3. The third-order valence-electron chi connectivity index (χ3n) is 3.70. The number of nitrogens with zero attached hydrogens (tertiary/aromatic N) is 1. The zero-order chi connectivity index (χ0) is 16.2. The Bertz CT molecular complexity index is 764. The summed E-state index contributed by atoms with van der Waals surface area (Å²) < 4.78 is 0. The molecule has 2 N–H and O–H groups in total. The van der Waals surface area contributed by atoms with Crippen molar-refractivity contribution in [1.29, 1.82) is 0 Å². The van der Waals surface area contributed by atoms with Crippen LogP contribution in [-0.4, -0.2) is 17.4 Å². The summed E-state index contributed by atoms with van der Waals surface area (Å²) in [6.45, 7) is 0.890. The second kappa shape index (κ2) is 8.38. The number of aromatic nitrogens is 1. The largest absolute Gasteiger partial charge is 0.391 e. The molecule has 0 fully saturated rings. The normalized spacial score (nSPS) is 16.0. The molecule has 126 valence electrons. The summed E-state index contributed by atoms with van der Waals surface area (Å²) in [5.41, 5.74) is 2.22. The number of carbonyl (C=O) groups is 1. The molecule has 0 saturated heterocycles. The van der Waals surface area contributed by atoms with E-state index < -0.39 is 0 Å². The van der Waals surface area contributed by atoms with Crippen LogP contribution in [0.2, 0.25) is 10.2 Å². The second-order valence-electron chi connectivity index (χ2n) is 5.26. The smallest absolute Gasteiger partial charge is 0.255 e. The monoisotopic (exact) mass is 383 g/mol. The predicted molar refractivity (Wildman–Crippen MR) is 100 cm³/mol. The van der Waals surface area contributed by atoms with Crippen molar-refractivity contribution >= 4 is 47.2 Å². The van der Waals surface area contributed by atoms with Gasteiger partial charge in [0, 0.05) is 34.9 Å². The lowest BCUT2D eigenvalue weighted by atomic mass is 9.92. The third kappa shape index (κ3) is 4.41. The first-order valence-corrected chi connectivity index (χ1v) is 8.01. The zero-order valence-corrected chi connectivity index (χ0v) is 15.0. The lowest BCUT2D eigenvalue weighted by Gasteiger charge is -2.21. The third-order valence-corrected chi connectivity index (χ3v) is 4.14. The Hall–Kier alpha value is -1.75.